The standard InChI is InChI=1S/C9H18O6/c1-5-6-7-9(12-15-13-9)11-14-10-8(2,3)4/h5-7H2,1-4H3. The Morgan fingerprint density at radius 1 is 1.20 bits per heavy atom. The van der Waals surface area contributed by atoms with Crippen molar-refractivity contribution in [3.05, 3.63) is 0 Å². The molecular weight excluding hydrogens is 204 g/mol. The van der Waals surface area contributed by atoms with E-state index in [-0.39, 0.29) is 0 Å². The highest BCUT2D eigenvalue weighted by Crippen LogP contribution is 2.32. The van der Waals surface area contributed by atoms with E-state index in [1.54, 1.807) is 0 Å². The third kappa shape index (κ3) is 4.42. The molecule has 1 aliphatic heterocycles. The topological polar surface area (TPSA) is 55.4 Å². The average Bonchev–Trinajstić information content (AvgIpc) is 2.06. The van der Waals surface area contributed by atoms with Crippen LogP contribution in [0.15, 0.2) is 0 Å². The first-order valence-electron chi connectivity index (χ1n) is 5.04. The van der Waals surface area contributed by atoms with Gasteiger partial charge < -0.3 is 0 Å². The average molecular weight is 222 g/mol. The van der Waals surface area contributed by atoms with Gasteiger partial charge in [0.2, 0.25) is 0 Å². The first-order chi connectivity index (χ1) is 6.97. The molecule has 0 atom stereocenters. The summed E-state index contributed by atoms with van der Waals surface area (Å²) in [6.45, 7) is 7.52. The van der Waals surface area contributed by atoms with E-state index in [0.29, 0.717) is 6.42 Å². The largest absolute Gasteiger partial charge is 0.374 e. The second-order valence-corrected chi connectivity index (χ2v) is 4.37. The predicted octanol–water partition coefficient (Wildman–Crippen LogP) is 2.40. The Kier molecular flexibility index (Phi) is 4.45. The van der Waals surface area contributed by atoms with E-state index in [2.05, 4.69) is 19.9 Å². The molecule has 1 fully saturated rings. The third-order valence-corrected chi connectivity index (χ3v) is 1.60. The second-order valence-electron chi connectivity index (χ2n) is 4.37. The maximum Gasteiger partial charge on any atom is 0.374 e. The van der Waals surface area contributed by atoms with E-state index in [4.69, 9.17) is 9.78 Å². The van der Waals surface area contributed by atoms with Crippen molar-refractivity contribution in [1.29, 1.82) is 0 Å². The molecular formula is C9H18O6. The fourth-order valence-corrected chi connectivity index (χ4v) is 0.827. The number of rotatable bonds is 6. The minimum atomic E-state index is -1.28. The highest BCUT2D eigenvalue weighted by Gasteiger charge is 2.47. The summed E-state index contributed by atoms with van der Waals surface area (Å²) >= 11 is 0. The van der Waals surface area contributed by atoms with Crippen LogP contribution in [-0.4, -0.2) is 11.6 Å². The van der Waals surface area contributed by atoms with Gasteiger partial charge in [0.25, 0.3) is 0 Å². The number of unbranched alkanes of at least 4 members (excludes halogenated alkanes) is 1. The molecule has 0 radical (unpaired) electrons. The Labute approximate surface area is 89.1 Å². The summed E-state index contributed by atoms with van der Waals surface area (Å²) in [6.07, 6.45) is 2.36. The van der Waals surface area contributed by atoms with Crippen molar-refractivity contribution in [3.63, 3.8) is 0 Å². The zero-order valence-electron chi connectivity index (χ0n) is 9.57. The molecule has 0 spiro atoms. The van der Waals surface area contributed by atoms with Gasteiger partial charge >= 0.3 is 5.97 Å². The Hall–Kier alpha value is -0.240. The molecule has 0 aliphatic carbocycles. The predicted molar refractivity (Wildman–Crippen MR) is 48.5 cm³/mol. The van der Waals surface area contributed by atoms with E-state index >= 15 is 0 Å². The van der Waals surface area contributed by atoms with Gasteiger partial charge in [-0.2, -0.15) is 0 Å². The molecule has 90 valence electrons. The first kappa shape index (κ1) is 12.8. The molecule has 6 nitrogen and oxygen atoms in total. The fraction of sp³-hybridized carbons (Fsp3) is 1.00. The summed E-state index contributed by atoms with van der Waals surface area (Å²) in [7, 11) is 0. The van der Waals surface area contributed by atoms with Gasteiger partial charge in [-0.1, -0.05) is 23.4 Å². The molecule has 0 aromatic carbocycles. The maximum absolute atomic E-state index is 4.90. The maximum atomic E-state index is 4.90. The third-order valence-electron chi connectivity index (χ3n) is 1.60. The molecule has 0 unspecified atom stereocenters. The summed E-state index contributed by atoms with van der Waals surface area (Å²) in [6, 6.07) is 0. The van der Waals surface area contributed by atoms with Crippen molar-refractivity contribution >= 4 is 0 Å². The summed E-state index contributed by atoms with van der Waals surface area (Å²) in [4.78, 5) is 19.1. The van der Waals surface area contributed by atoms with Crippen LogP contribution < -0.4 is 0 Å². The van der Waals surface area contributed by atoms with Crippen molar-refractivity contribution in [2.75, 3.05) is 0 Å². The van der Waals surface area contributed by atoms with E-state index in [1.165, 1.54) is 0 Å². The van der Waals surface area contributed by atoms with Crippen molar-refractivity contribution in [3.8, 4) is 0 Å². The second kappa shape index (κ2) is 5.20. The van der Waals surface area contributed by atoms with Crippen molar-refractivity contribution in [2.45, 2.75) is 58.5 Å². The molecule has 0 amide bonds. The Balaban J connectivity index is 2.22. The fourth-order valence-electron chi connectivity index (χ4n) is 0.827. The van der Waals surface area contributed by atoms with Crippen LogP contribution in [0, 0.1) is 0 Å². The smallest absolute Gasteiger partial charge is 0.200 e. The summed E-state index contributed by atoms with van der Waals surface area (Å²) in [5, 5.41) is 8.73. The highest BCUT2D eigenvalue weighted by atomic mass is 17.7. The molecule has 1 aliphatic rings. The zero-order chi connectivity index (χ0) is 11.4. The lowest BCUT2D eigenvalue weighted by Gasteiger charge is -2.34. The van der Waals surface area contributed by atoms with Crippen LogP contribution in [0.4, 0.5) is 0 Å². The van der Waals surface area contributed by atoms with Crippen molar-refractivity contribution in [2.24, 2.45) is 0 Å². The molecule has 1 rings (SSSR count). The molecule has 6 heteroatoms. The molecule has 1 saturated heterocycles. The van der Waals surface area contributed by atoms with Crippen LogP contribution in [0.5, 0.6) is 0 Å². The molecule has 0 bridgehead atoms. The Bertz CT molecular complexity index is 184. The molecule has 15 heavy (non-hydrogen) atoms. The SMILES string of the molecule is CCCCC1(OOOC(C)(C)C)OOO1. The highest BCUT2D eigenvalue weighted by molar-refractivity contribution is 4.55. The Morgan fingerprint density at radius 3 is 2.27 bits per heavy atom. The lowest BCUT2D eigenvalue weighted by Crippen LogP contribution is -2.48. The van der Waals surface area contributed by atoms with Crippen molar-refractivity contribution < 1.29 is 29.6 Å². The normalized spacial score (nSPS) is 20.0. The quantitative estimate of drug-likeness (QED) is 0.508. The van der Waals surface area contributed by atoms with Crippen molar-refractivity contribution in [1.82, 2.24) is 0 Å². The molecule has 0 aromatic rings. The van der Waals surface area contributed by atoms with E-state index in [1.807, 2.05) is 27.7 Å². The van der Waals surface area contributed by atoms with Gasteiger partial charge in [0.15, 0.2) is 0 Å². The molecule has 1 heterocycles. The van der Waals surface area contributed by atoms with Crippen LogP contribution in [0.3, 0.4) is 0 Å². The summed E-state index contributed by atoms with van der Waals surface area (Å²) in [5.41, 5.74) is -0.462. The van der Waals surface area contributed by atoms with Crippen LogP contribution in [0.1, 0.15) is 47.0 Å². The van der Waals surface area contributed by atoms with Gasteiger partial charge in [0.1, 0.15) is 0 Å². The van der Waals surface area contributed by atoms with Gasteiger partial charge in [-0.05, 0) is 27.2 Å². The minimum absolute atomic E-state index is 0.462. The minimum Gasteiger partial charge on any atom is -0.200 e. The van der Waals surface area contributed by atoms with Crippen LogP contribution in [-0.2, 0) is 29.6 Å². The monoisotopic (exact) mass is 222 g/mol. The van der Waals surface area contributed by atoms with Gasteiger partial charge in [-0.3, -0.25) is 0 Å². The summed E-state index contributed by atoms with van der Waals surface area (Å²) in [5.74, 6) is -1.28. The first-order valence-corrected chi connectivity index (χ1v) is 5.04. The van der Waals surface area contributed by atoms with Crippen LogP contribution in [0.25, 0.3) is 0 Å². The zero-order valence-corrected chi connectivity index (χ0v) is 9.57. The van der Waals surface area contributed by atoms with Gasteiger partial charge in [0, 0.05) is 6.42 Å². The Morgan fingerprint density at radius 2 is 1.87 bits per heavy atom. The van der Waals surface area contributed by atoms with E-state index in [0.717, 1.165) is 12.8 Å². The van der Waals surface area contributed by atoms with Gasteiger partial charge in [-0.15, -0.1) is 14.7 Å². The van der Waals surface area contributed by atoms with Crippen LogP contribution in [0.2, 0.25) is 0 Å². The van der Waals surface area contributed by atoms with E-state index in [9.17, 15) is 0 Å². The van der Waals surface area contributed by atoms with Gasteiger partial charge in [0.05, 0.1) is 5.60 Å². The lowest BCUT2D eigenvalue weighted by atomic mass is 10.2. The number of hydrogen-bond acceptors (Lipinski definition) is 6. The number of hydrogen-bond donors (Lipinski definition) is 0. The van der Waals surface area contributed by atoms with E-state index < -0.39 is 11.6 Å². The molecule has 0 aromatic heterocycles. The molecule has 0 N–H and O–H groups in total. The lowest BCUT2D eigenvalue weighted by molar-refractivity contribution is -0.823. The molecule has 0 saturated carbocycles. The summed E-state index contributed by atoms with van der Waals surface area (Å²) < 4.78 is 0. The van der Waals surface area contributed by atoms with Crippen LogP contribution >= 0.6 is 0 Å². The van der Waals surface area contributed by atoms with Gasteiger partial charge in [-0.25, -0.2) is 4.89 Å².